The van der Waals surface area contributed by atoms with E-state index in [0.717, 1.165) is 25.0 Å². The summed E-state index contributed by atoms with van der Waals surface area (Å²) < 4.78 is 7.24. The lowest BCUT2D eigenvalue weighted by molar-refractivity contribution is 0.102. The first kappa shape index (κ1) is 16.3. The standard InChI is InChI=1S/C16H15BrINO2/c1-3-21-12-5-7-15(10(2)8-12)19-16(20)13-9-11(18)4-6-14(13)17/h4-9H,3H2,1-2H3,(H,19,20). The van der Waals surface area contributed by atoms with Gasteiger partial charge < -0.3 is 10.1 Å². The number of aryl methyl sites for hydroxylation is 1. The molecule has 5 heteroatoms. The van der Waals surface area contributed by atoms with Crippen LogP contribution in [0.4, 0.5) is 5.69 Å². The van der Waals surface area contributed by atoms with Crippen LogP contribution in [-0.4, -0.2) is 12.5 Å². The first-order valence-corrected chi connectivity index (χ1v) is 8.38. The predicted octanol–water partition coefficient (Wildman–Crippen LogP) is 5.01. The Labute approximate surface area is 146 Å². The normalized spacial score (nSPS) is 10.3. The van der Waals surface area contributed by atoms with Crippen LogP contribution in [0.25, 0.3) is 0 Å². The summed E-state index contributed by atoms with van der Waals surface area (Å²) in [4.78, 5) is 12.4. The molecule has 2 aromatic rings. The van der Waals surface area contributed by atoms with Crippen molar-refractivity contribution in [2.45, 2.75) is 13.8 Å². The Morgan fingerprint density at radius 3 is 2.71 bits per heavy atom. The van der Waals surface area contributed by atoms with Gasteiger partial charge in [-0.1, -0.05) is 0 Å². The quantitative estimate of drug-likeness (QED) is 0.652. The van der Waals surface area contributed by atoms with Gasteiger partial charge in [0.1, 0.15) is 5.75 Å². The van der Waals surface area contributed by atoms with E-state index in [1.54, 1.807) is 0 Å². The number of carbonyl (C=O) groups is 1. The molecule has 2 aromatic carbocycles. The molecule has 110 valence electrons. The fourth-order valence-electron chi connectivity index (χ4n) is 1.89. The Morgan fingerprint density at radius 2 is 2.05 bits per heavy atom. The van der Waals surface area contributed by atoms with Crippen LogP contribution in [0, 0.1) is 10.5 Å². The van der Waals surface area contributed by atoms with Gasteiger partial charge >= 0.3 is 0 Å². The van der Waals surface area contributed by atoms with Gasteiger partial charge in [0.05, 0.1) is 12.2 Å². The number of hydrogen-bond donors (Lipinski definition) is 1. The zero-order valence-corrected chi connectivity index (χ0v) is 15.5. The number of rotatable bonds is 4. The summed E-state index contributed by atoms with van der Waals surface area (Å²) in [6.07, 6.45) is 0. The molecule has 3 nitrogen and oxygen atoms in total. The molecule has 0 spiro atoms. The van der Waals surface area contributed by atoms with Crippen LogP contribution >= 0.6 is 38.5 Å². The first-order valence-electron chi connectivity index (χ1n) is 6.51. The molecule has 21 heavy (non-hydrogen) atoms. The highest BCUT2D eigenvalue weighted by atomic mass is 127. The third-order valence-corrected chi connectivity index (χ3v) is 4.29. The van der Waals surface area contributed by atoms with Gasteiger partial charge in [-0.3, -0.25) is 4.79 Å². The van der Waals surface area contributed by atoms with E-state index in [4.69, 9.17) is 4.74 Å². The highest BCUT2D eigenvalue weighted by Gasteiger charge is 2.12. The van der Waals surface area contributed by atoms with Gasteiger partial charge in [-0.15, -0.1) is 0 Å². The Kier molecular flexibility index (Phi) is 5.64. The van der Waals surface area contributed by atoms with Gasteiger partial charge in [-0.05, 0) is 94.3 Å². The van der Waals surface area contributed by atoms with Crippen molar-refractivity contribution in [1.29, 1.82) is 0 Å². The minimum atomic E-state index is -0.132. The summed E-state index contributed by atoms with van der Waals surface area (Å²) >= 11 is 5.60. The Morgan fingerprint density at radius 1 is 1.29 bits per heavy atom. The van der Waals surface area contributed by atoms with E-state index in [-0.39, 0.29) is 5.91 Å². The molecule has 0 heterocycles. The van der Waals surface area contributed by atoms with Crippen LogP contribution in [-0.2, 0) is 0 Å². The average molecular weight is 460 g/mol. The van der Waals surface area contributed by atoms with Gasteiger partial charge in [-0.2, -0.15) is 0 Å². The second kappa shape index (κ2) is 7.26. The second-order valence-electron chi connectivity index (χ2n) is 4.49. The first-order chi connectivity index (χ1) is 10.0. The Bertz CT molecular complexity index is 673. The van der Waals surface area contributed by atoms with Crippen LogP contribution in [0.2, 0.25) is 0 Å². The molecule has 0 aliphatic heterocycles. The van der Waals surface area contributed by atoms with Crippen LogP contribution in [0.1, 0.15) is 22.8 Å². The predicted molar refractivity (Wildman–Crippen MR) is 97.2 cm³/mol. The van der Waals surface area contributed by atoms with E-state index < -0.39 is 0 Å². The summed E-state index contributed by atoms with van der Waals surface area (Å²) in [6, 6.07) is 11.3. The molecule has 0 aliphatic rings. The summed E-state index contributed by atoms with van der Waals surface area (Å²) in [5.41, 5.74) is 2.38. The molecule has 2 rings (SSSR count). The van der Waals surface area contributed by atoms with Crippen LogP contribution in [0.15, 0.2) is 40.9 Å². The van der Waals surface area contributed by atoms with Gasteiger partial charge in [0, 0.05) is 13.7 Å². The third kappa shape index (κ3) is 4.20. The van der Waals surface area contributed by atoms with E-state index in [1.165, 1.54) is 0 Å². The monoisotopic (exact) mass is 459 g/mol. The van der Waals surface area contributed by atoms with E-state index >= 15 is 0 Å². The molecule has 0 fully saturated rings. The summed E-state index contributed by atoms with van der Waals surface area (Å²) in [7, 11) is 0. The number of ether oxygens (including phenoxy) is 1. The maximum Gasteiger partial charge on any atom is 0.256 e. The van der Waals surface area contributed by atoms with Crippen molar-refractivity contribution in [3.63, 3.8) is 0 Å². The lowest BCUT2D eigenvalue weighted by Gasteiger charge is -2.11. The van der Waals surface area contributed by atoms with Crippen LogP contribution in [0.5, 0.6) is 5.75 Å². The molecule has 0 aliphatic carbocycles. The number of anilines is 1. The largest absolute Gasteiger partial charge is 0.494 e. The number of carbonyl (C=O) groups excluding carboxylic acids is 1. The smallest absolute Gasteiger partial charge is 0.256 e. The maximum absolute atomic E-state index is 12.4. The zero-order valence-electron chi connectivity index (χ0n) is 11.7. The highest BCUT2D eigenvalue weighted by Crippen LogP contribution is 2.24. The molecule has 0 bridgehead atoms. The third-order valence-electron chi connectivity index (χ3n) is 2.93. The number of amides is 1. The lowest BCUT2D eigenvalue weighted by atomic mass is 10.1. The summed E-state index contributed by atoms with van der Waals surface area (Å²) in [5.74, 6) is 0.677. The molecule has 1 N–H and O–H groups in total. The maximum atomic E-state index is 12.4. The van der Waals surface area contributed by atoms with E-state index in [0.29, 0.717) is 12.2 Å². The molecule has 0 unspecified atom stereocenters. The summed E-state index contributed by atoms with van der Waals surface area (Å²) in [5, 5.41) is 2.94. The molecule has 0 radical (unpaired) electrons. The van der Waals surface area contributed by atoms with Crippen molar-refractivity contribution in [3.05, 3.63) is 55.6 Å². The number of benzene rings is 2. The molecular formula is C16H15BrINO2. The SMILES string of the molecule is CCOc1ccc(NC(=O)c2cc(I)ccc2Br)c(C)c1. The van der Waals surface area contributed by atoms with Crippen molar-refractivity contribution in [3.8, 4) is 5.75 Å². The highest BCUT2D eigenvalue weighted by molar-refractivity contribution is 14.1. The van der Waals surface area contributed by atoms with Crippen molar-refractivity contribution in [2.75, 3.05) is 11.9 Å². The van der Waals surface area contributed by atoms with E-state index in [9.17, 15) is 4.79 Å². The van der Waals surface area contributed by atoms with Gasteiger partial charge in [0.15, 0.2) is 0 Å². The lowest BCUT2D eigenvalue weighted by Crippen LogP contribution is -2.13. The van der Waals surface area contributed by atoms with E-state index in [2.05, 4.69) is 43.8 Å². The van der Waals surface area contributed by atoms with Gasteiger partial charge in [0.25, 0.3) is 5.91 Å². The minimum Gasteiger partial charge on any atom is -0.494 e. The van der Waals surface area contributed by atoms with E-state index in [1.807, 2.05) is 50.2 Å². The van der Waals surface area contributed by atoms with Crippen molar-refractivity contribution >= 4 is 50.1 Å². The average Bonchev–Trinajstić information content (AvgIpc) is 2.44. The van der Waals surface area contributed by atoms with Crippen molar-refractivity contribution in [2.24, 2.45) is 0 Å². The van der Waals surface area contributed by atoms with Crippen molar-refractivity contribution < 1.29 is 9.53 Å². The molecule has 0 saturated carbocycles. The fraction of sp³-hybridized carbons (Fsp3) is 0.188. The Hall–Kier alpha value is -1.08. The molecule has 0 atom stereocenters. The molecule has 0 aromatic heterocycles. The molecule has 1 amide bonds. The number of nitrogens with one attached hydrogen (secondary N) is 1. The summed E-state index contributed by atoms with van der Waals surface area (Å²) in [6.45, 7) is 4.52. The van der Waals surface area contributed by atoms with Crippen LogP contribution in [0.3, 0.4) is 0 Å². The fourth-order valence-corrected chi connectivity index (χ4v) is 2.81. The van der Waals surface area contributed by atoms with Gasteiger partial charge in [-0.25, -0.2) is 0 Å². The second-order valence-corrected chi connectivity index (χ2v) is 6.59. The topological polar surface area (TPSA) is 38.3 Å². The molecule has 0 saturated heterocycles. The Balaban J connectivity index is 2.21. The number of hydrogen-bond acceptors (Lipinski definition) is 2. The molecular weight excluding hydrogens is 445 g/mol. The zero-order chi connectivity index (χ0) is 15.4. The van der Waals surface area contributed by atoms with Crippen molar-refractivity contribution in [1.82, 2.24) is 0 Å². The number of halogens is 2. The van der Waals surface area contributed by atoms with Gasteiger partial charge in [0.2, 0.25) is 0 Å². The minimum absolute atomic E-state index is 0.132. The van der Waals surface area contributed by atoms with Crippen LogP contribution < -0.4 is 10.1 Å².